The lowest BCUT2D eigenvalue weighted by Gasteiger charge is -2.06. The van der Waals surface area contributed by atoms with E-state index in [1.807, 2.05) is 13.8 Å². The van der Waals surface area contributed by atoms with Crippen LogP contribution in [0.5, 0.6) is 0 Å². The second-order valence-electron chi connectivity index (χ2n) is 3.36. The summed E-state index contributed by atoms with van der Waals surface area (Å²) in [6.07, 6.45) is 1.24. The summed E-state index contributed by atoms with van der Waals surface area (Å²) in [4.78, 5) is 14.6. The lowest BCUT2D eigenvalue weighted by atomic mass is 10.2. The fraction of sp³-hybridized carbons (Fsp3) is 0.400. The molecule has 0 saturated heterocycles. The highest BCUT2D eigenvalue weighted by atomic mass is 19.1. The van der Waals surface area contributed by atoms with E-state index >= 15 is 0 Å². The largest absolute Gasteiger partial charge is 0.462 e. The standard InChI is InChI=1S/C10H12FNO2/c1-7(2)6-14-10(13)8-3-4-12-9(11)5-8/h3-5,7H,6H2,1-2H3. The number of ether oxygens (including phenoxy) is 1. The van der Waals surface area contributed by atoms with Crippen LogP contribution in [0.1, 0.15) is 24.2 Å². The van der Waals surface area contributed by atoms with Crippen LogP contribution in [0.4, 0.5) is 4.39 Å². The molecule has 0 aromatic carbocycles. The number of aromatic nitrogens is 1. The topological polar surface area (TPSA) is 39.2 Å². The van der Waals surface area contributed by atoms with E-state index in [-0.39, 0.29) is 11.5 Å². The predicted molar refractivity (Wildman–Crippen MR) is 49.3 cm³/mol. The van der Waals surface area contributed by atoms with E-state index in [4.69, 9.17) is 4.74 Å². The number of hydrogen-bond donors (Lipinski definition) is 0. The number of halogens is 1. The number of carbonyl (C=O) groups excluding carboxylic acids is 1. The molecule has 4 heteroatoms. The van der Waals surface area contributed by atoms with Crippen LogP contribution >= 0.6 is 0 Å². The molecule has 0 aliphatic heterocycles. The quantitative estimate of drug-likeness (QED) is 0.549. The van der Waals surface area contributed by atoms with Crippen molar-refractivity contribution in [2.24, 2.45) is 5.92 Å². The second kappa shape index (κ2) is 4.69. The van der Waals surface area contributed by atoms with Crippen LogP contribution in [-0.2, 0) is 4.74 Å². The van der Waals surface area contributed by atoms with Gasteiger partial charge in [-0.15, -0.1) is 0 Å². The molecule has 0 spiro atoms. The lowest BCUT2D eigenvalue weighted by molar-refractivity contribution is 0.0458. The summed E-state index contributed by atoms with van der Waals surface area (Å²) in [5.41, 5.74) is 0.193. The Morgan fingerprint density at radius 3 is 2.93 bits per heavy atom. The highest BCUT2D eigenvalue weighted by Gasteiger charge is 2.08. The molecule has 1 heterocycles. The first kappa shape index (κ1) is 10.6. The Morgan fingerprint density at radius 1 is 1.64 bits per heavy atom. The van der Waals surface area contributed by atoms with Gasteiger partial charge in [0.2, 0.25) is 5.95 Å². The van der Waals surface area contributed by atoms with Gasteiger partial charge in [-0.25, -0.2) is 9.78 Å². The Morgan fingerprint density at radius 2 is 2.36 bits per heavy atom. The summed E-state index contributed by atoms with van der Waals surface area (Å²) in [5, 5.41) is 0. The van der Waals surface area contributed by atoms with Gasteiger partial charge in [0, 0.05) is 12.3 Å². The molecule has 0 amide bonds. The number of pyridine rings is 1. The van der Waals surface area contributed by atoms with E-state index in [9.17, 15) is 9.18 Å². The van der Waals surface area contributed by atoms with Gasteiger partial charge in [-0.05, 0) is 12.0 Å². The molecule has 0 unspecified atom stereocenters. The maximum Gasteiger partial charge on any atom is 0.338 e. The first-order valence-corrected chi connectivity index (χ1v) is 4.38. The monoisotopic (exact) mass is 197 g/mol. The molecule has 0 atom stereocenters. The number of hydrogen-bond acceptors (Lipinski definition) is 3. The zero-order chi connectivity index (χ0) is 10.6. The number of esters is 1. The van der Waals surface area contributed by atoms with Crippen LogP contribution in [0, 0.1) is 11.9 Å². The van der Waals surface area contributed by atoms with Crippen molar-refractivity contribution in [1.82, 2.24) is 4.98 Å². The summed E-state index contributed by atoms with van der Waals surface area (Å²) in [6, 6.07) is 2.48. The van der Waals surface area contributed by atoms with Gasteiger partial charge in [0.25, 0.3) is 0 Å². The molecular weight excluding hydrogens is 185 g/mol. The summed E-state index contributed by atoms with van der Waals surface area (Å²) in [7, 11) is 0. The third-order valence-electron chi connectivity index (χ3n) is 1.51. The SMILES string of the molecule is CC(C)COC(=O)c1ccnc(F)c1. The van der Waals surface area contributed by atoms with E-state index in [0.717, 1.165) is 6.07 Å². The molecule has 3 nitrogen and oxygen atoms in total. The van der Waals surface area contributed by atoms with Crippen LogP contribution in [0.2, 0.25) is 0 Å². The molecule has 0 N–H and O–H groups in total. The normalized spacial score (nSPS) is 10.3. The van der Waals surface area contributed by atoms with Crippen LogP contribution in [-0.4, -0.2) is 17.6 Å². The van der Waals surface area contributed by atoms with E-state index < -0.39 is 11.9 Å². The first-order valence-electron chi connectivity index (χ1n) is 4.38. The minimum absolute atomic E-state index is 0.193. The average molecular weight is 197 g/mol. The molecule has 1 aromatic rings. The summed E-state index contributed by atoms with van der Waals surface area (Å²) in [6.45, 7) is 4.20. The molecule has 0 saturated carbocycles. The van der Waals surface area contributed by atoms with Crippen LogP contribution < -0.4 is 0 Å². The Balaban J connectivity index is 2.61. The molecule has 1 aromatic heterocycles. The number of rotatable bonds is 3. The van der Waals surface area contributed by atoms with E-state index in [2.05, 4.69) is 4.98 Å². The first-order chi connectivity index (χ1) is 6.59. The van der Waals surface area contributed by atoms with E-state index in [1.54, 1.807) is 0 Å². The summed E-state index contributed by atoms with van der Waals surface area (Å²) >= 11 is 0. The molecule has 0 aliphatic rings. The maximum atomic E-state index is 12.6. The van der Waals surface area contributed by atoms with Crippen molar-refractivity contribution >= 4 is 5.97 Å². The molecular formula is C10H12FNO2. The van der Waals surface area contributed by atoms with Gasteiger partial charge >= 0.3 is 5.97 Å². The zero-order valence-electron chi connectivity index (χ0n) is 8.16. The maximum absolute atomic E-state index is 12.6. The molecule has 1 rings (SSSR count). The van der Waals surface area contributed by atoms with Crippen molar-refractivity contribution in [3.05, 3.63) is 29.8 Å². The predicted octanol–water partition coefficient (Wildman–Crippen LogP) is 2.03. The van der Waals surface area contributed by atoms with Crippen molar-refractivity contribution in [3.8, 4) is 0 Å². The van der Waals surface area contributed by atoms with Crippen LogP contribution in [0.3, 0.4) is 0 Å². The highest BCUT2D eigenvalue weighted by Crippen LogP contribution is 2.04. The van der Waals surface area contributed by atoms with Gasteiger partial charge in [-0.3, -0.25) is 0 Å². The van der Waals surface area contributed by atoms with Crippen molar-refractivity contribution in [3.63, 3.8) is 0 Å². The van der Waals surface area contributed by atoms with Crippen LogP contribution in [0.15, 0.2) is 18.3 Å². The minimum Gasteiger partial charge on any atom is -0.462 e. The van der Waals surface area contributed by atoms with E-state index in [1.165, 1.54) is 12.3 Å². The smallest absolute Gasteiger partial charge is 0.338 e. The number of nitrogens with zero attached hydrogens (tertiary/aromatic N) is 1. The van der Waals surface area contributed by atoms with E-state index in [0.29, 0.717) is 6.61 Å². The summed E-state index contributed by atoms with van der Waals surface area (Å²) in [5.74, 6) is -0.922. The van der Waals surface area contributed by atoms with Gasteiger partial charge < -0.3 is 4.74 Å². The van der Waals surface area contributed by atoms with Gasteiger partial charge in [0.05, 0.1) is 12.2 Å². The molecule has 0 radical (unpaired) electrons. The fourth-order valence-corrected chi connectivity index (χ4v) is 0.855. The van der Waals surface area contributed by atoms with Gasteiger partial charge in [0.1, 0.15) is 0 Å². The average Bonchev–Trinajstić information content (AvgIpc) is 2.14. The van der Waals surface area contributed by atoms with Crippen molar-refractivity contribution in [2.45, 2.75) is 13.8 Å². The van der Waals surface area contributed by atoms with Gasteiger partial charge in [0.15, 0.2) is 0 Å². The third-order valence-corrected chi connectivity index (χ3v) is 1.51. The number of carbonyl (C=O) groups is 1. The molecule has 0 aliphatic carbocycles. The van der Waals surface area contributed by atoms with Crippen LogP contribution in [0.25, 0.3) is 0 Å². The van der Waals surface area contributed by atoms with Gasteiger partial charge in [-0.1, -0.05) is 13.8 Å². The zero-order valence-corrected chi connectivity index (χ0v) is 8.16. The van der Waals surface area contributed by atoms with Crippen molar-refractivity contribution < 1.29 is 13.9 Å². The Hall–Kier alpha value is -1.45. The Kier molecular flexibility index (Phi) is 3.56. The fourth-order valence-electron chi connectivity index (χ4n) is 0.855. The molecule has 0 fully saturated rings. The Labute approximate surface area is 81.9 Å². The molecule has 0 bridgehead atoms. The molecule has 76 valence electrons. The van der Waals surface area contributed by atoms with Gasteiger partial charge in [-0.2, -0.15) is 4.39 Å². The third kappa shape index (κ3) is 3.12. The minimum atomic E-state index is -0.677. The highest BCUT2D eigenvalue weighted by molar-refractivity contribution is 5.89. The second-order valence-corrected chi connectivity index (χ2v) is 3.36. The molecule has 14 heavy (non-hydrogen) atoms. The van der Waals surface area contributed by atoms with Crippen molar-refractivity contribution in [1.29, 1.82) is 0 Å². The van der Waals surface area contributed by atoms with Crippen molar-refractivity contribution in [2.75, 3.05) is 6.61 Å². The summed E-state index contributed by atoms with van der Waals surface area (Å²) < 4.78 is 17.5. The lowest BCUT2D eigenvalue weighted by Crippen LogP contribution is -2.10. The Bertz CT molecular complexity index is 326.